The molecule has 3 heteroatoms. The van der Waals surface area contributed by atoms with Crippen LogP contribution in [-0.2, 0) is 4.79 Å². The number of carbonyl (C=O) groups is 1. The van der Waals surface area contributed by atoms with Crippen molar-refractivity contribution < 1.29 is 4.79 Å². The van der Waals surface area contributed by atoms with Crippen LogP contribution in [0, 0.1) is 6.92 Å². The zero-order valence-electron chi connectivity index (χ0n) is 11.9. The number of hydrogen-bond donors (Lipinski definition) is 2. The third-order valence-electron chi connectivity index (χ3n) is 4.09. The highest BCUT2D eigenvalue weighted by atomic mass is 16.1. The average molecular weight is 260 g/mol. The van der Waals surface area contributed by atoms with E-state index in [4.69, 9.17) is 5.73 Å². The number of benzene rings is 1. The van der Waals surface area contributed by atoms with Crippen LogP contribution in [0.5, 0.6) is 0 Å². The van der Waals surface area contributed by atoms with Crippen molar-refractivity contribution in [2.45, 2.75) is 57.5 Å². The summed E-state index contributed by atoms with van der Waals surface area (Å²) in [4.78, 5) is 12.1. The van der Waals surface area contributed by atoms with Crippen molar-refractivity contribution in [3.8, 4) is 0 Å². The summed E-state index contributed by atoms with van der Waals surface area (Å²) in [5.74, 6) is 0.0784. The molecule has 1 saturated carbocycles. The molecule has 1 atom stereocenters. The minimum atomic E-state index is -0.240. The molecule has 19 heavy (non-hydrogen) atoms. The molecule has 1 aromatic rings. The highest BCUT2D eigenvalue weighted by Crippen LogP contribution is 2.32. The molecule has 104 valence electrons. The maximum absolute atomic E-state index is 12.1. The largest absolute Gasteiger partial charge is 0.349 e. The van der Waals surface area contributed by atoms with Gasteiger partial charge in [-0.2, -0.15) is 0 Å². The van der Waals surface area contributed by atoms with E-state index < -0.39 is 0 Å². The van der Waals surface area contributed by atoms with Crippen molar-refractivity contribution in [2.24, 2.45) is 5.73 Å². The lowest BCUT2D eigenvalue weighted by atomic mass is 9.75. The Kier molecular flexibility index (Phi) is 4.25. The molecule has 3 N–H and O–H groups in total. The molecule has 0 aromatic heterocycles. The van der Waals surface area contributed by atoms with E-state index in [1.807, 2.05) is 0 Å². The Hall–Kier alpha value is -1.35. The molecule has 1 aromatic carbocycles. The van der Waals surface area contributed by atoms with E-state index in [9.17, 15) is 4.79 Å². The van der Waals surface area contributed by atoms with Gasteiger partial charge in [-0.25, -0.2) is 0 Å². The lowest BCUT2D eigenvalue weighted by molar-refractivity contribution is -0.123. The number of nitrogens with one attached hydrogen (secondary N) is 1. The zero-order valence-corrected chi connectivity index (χ0v) is 11.9. The van der Waals surface area contributed by atoms with Gasteiger partial charge in [0.05, 0.1) is 6.04 Å². The van der Waals surface area contributed by atoms with Crippen LogP contribution in [0.3, 0.4) is 0 Å². The number of amides is 1. The van der Waals surface area contributed by atoms with Gasteiger partial charge in [0.1, 0.15) is 0 Å². The standard InChI is InChI=1S/C16H24N2O/c1-3-14(13-7-5-12(2)6-8-13)18-15(19)11-16(17)9-4-10-16/h5-8,14H,3-4,9-11,17H2,1-2H3,(H,18,19). The summed E-state index contributed by atoms with van der Waals surface area (Å²) in [7, 11) is 0. The highest BCUT2D eigenvalue weighted by molar-refractivity contribution is 5.77. The minimum absolute atomic E-state index is 0.0784. The van der Waals surface area contributed by atoms with Crippen LogP contribution in [-0.4, -0.2) is 11.4 Å². The SMILES string of the molecule is CCC(NC(=O)CC1(N)CCC1)c1ccc(C)cc1. The van der Waals surface area contributed by atoms with Gasteiger partial charge < -0.3 is 11.1 Å². The van der Waals surface area contributed by atoms with E-state index in [0.717, 1.165) is 25.7 Å². The van der Waals surface area contributed by atoms with Gasteiger partial charge in [0.25, 0.3) is 0 Å². The Labute approximate surface area is 115 Å². The lowest BCUT2D eigenvalue weighted by Gasteiger charge is -2.37. The third kappa shape index (κ3) is 3.57. The van der Waals surface area contributed by atoms with Gasteiger partial charge in [0, 0.05) is 12.0 Å². The third-order valence-corrected chi connectivity index (χ3v) is 4.09. The van der Waals surface area contributed by atoms with Gasteiger partial charge in [-0.3, -0.25) is 4.79 Å². The Morgan fingerprint density at radius 1 is 1.37 bits per heavy atom. The predicted molar refractivity (Wildman–Crippen MR) is 77.7 cm³/mol. The maximum Gasteiger partial charge on any atom is 0.222 e. The van der Waals surface area contributed by atoms with Crippen molar-refractivity contribution >= 4 is 5.91 Å². The molecule has 1 aliphatic carbocycles. The predicted octanol–water partition coefficient (Wildman–Crippen LogP) is 2.83. The van der Waals surface area contributed by atoms with E-state index >= 15 is 0 Å². The summed E-state index contributed by atoms with van der Waals surface area (Å²) in [6.45, 7) is 4.16. The summed E-state index contributed by atoms with van der Waals surface area (Å²) >= 11 is 0. The molecule has 1 unspecified atom stereocenters. The van der Waals surface area contributed by atoms with E-state index in [1.165, 1.54) is 11.1 Å². The van der Waals surface area contributed by atoms with Crippen LogP contribution in [0.2, 0.25) is 0 Å². The van der Waals surface area contributed by atoms with E-state index in [2.05, 4.69) is 43.4 Å². The van der Waals surface area contributed by atoms with Crippen LogP contribution in [0.4, 0.5) is 0 Å². The fraction of sp³-hybridized carbons (Fsp3) is 0.562. The number of hydrogen-bond acceptors (Lipinski definition) is 2. The summed E-state index contributed by atoms with van der Waals surface area (Å²) in [6.07, 6.45) is 4.45. The number of carbonyl (C=O) groups excluding carboxylic acids is 1. The molecule has 0 heterocycles. The monoisotopic (exact) mass is 260 g/mol. The number of nitrogens with two attached hydrogens (primary N) is 1. The fourth-order valence-electron chi connectivity index (χ4n) is 2.59. The molecule has 1 amide bonds. The molecular formula is C16H24N2O. The second-order valence-electron chi connectivity index (χ2n) is 5.83. The zero-order chi connectivity index (χ0) is 13.9. The molecule has 0 spiro atoms. The molecular weight excluding hydrogens is 236 g/mol. The second kappa shape index (κ2) is 5.74. The van der Waals surface area contributed by atoms with E-state index in [1.54, 1.807) is 0 Å². The molecule has 0 aliphatic heterocycles. The topological polar surface area (TPSA) is 55.1 Å². The Bertz CT molecular complexity index is 435. The lowest BCUT2D eigenvalue weighted by Crippen LogP contribution is -2.50. The van der Waals surface area contributed by atoms with Gasteiger partial charge in [-0.15, -0.1) is 0 Å². The van der Waals surface area contributed by atoms with Gasteiger partial charge in [-0.05, 0) is 38.2 Å². The molecule has 0 saturated heterocycles. The maximum atomic E-state index is 12.1. The first kappa shape index (κ1) is 14.1. The van der Waals surface area contributed by atoms with E-state index in [-0.39, 0.29) is 17.5 Å². The Balaban J connectivity index is 1.94. The van der Waals surface area contributed by atoms with Gasteiger partial charge in [0.15, 0.2) is 0 Å². The first-order valence-electron chi connectivity index (χ1n) is 7.17. The first-order chi connectivity index (χ1) is 9.02. The van der Waals surface area contributed by atoms with Crippen LogP contribution in [0.1, 0.15) is 56.2 Å². The minimum Gasteiger partial charge on any atom is -0.349 e. The summed E-state index contributed by atoms with van der Waals surface area (Å²) in [6, 6.07) is 8.44. The number of rotatable bonds is 5. The van der Waals surface area contributed by atoms with Gasteiger partial charge in [-0.1, -0.05) is 36.8 Å². The van der Waals surface area contributed by atoms with Crippen LogP contribution >= 0.6 is 0 Å². The fourth-order valence-corrected chi connectivity index (χ4v) is 2.59. The van der Waals surface area contributed by atoms with E-state index in [0.29, 0.717) is 6.42 Å². The quantitative estimate of drug-likeness (QED) is 0.855. The van der Waals surface area contributed by atoms with Gasteiger partial charge >= 0.3 is 0 Å². The summed E-state index contributed by atoms with van der Waals surface area (Å²) in [5.41, 5.74) is 8.28. The molecule has 1 aliphatic rings. The van der Waals surface area contributed by atoms with Crippen molar-refractivity contribution in [1.29, 1.82) is 0 Å². The first-order valence-corrected chi connectivity index (χ1v) is 7.17. The number of aryl methyl sites for hydroxylation is 1. The molecule has 0 bridgehead atoms. The van der Waals surface area contributed by atoms with Crippen molar-refractivity contribution in [1.82, 2.24) is 5.32 Å². The van der Waals surface area contributed by atoms with Crippen LogP contribution in [0.15, 0.2) is 24.3 Å². The van der Waals surface area contributed by atoms with Crippen molar-refractivity contribution in [3.05, 3.63) is 35.4 Å². The summed E-state index contributed by atoms with van der Waals surface area (Å²) < 4.78 is 0. The normalized spacial score (nSPS) is 18.5. The van der Waals surface area contributed by atoms with Crippen LogP contribution < -0.4 is 11.1 Å². The summed E-state index contributed by atoms with van der Waals surface area (Å²) in [5, 5.41) is 3.11. The van der Waals surface area contributed by atoms with Crippen LogP contribution in [0.25, 0.3) is 0 Å². The molecule has 0 radical (unpaired) electrons. The highest BCUT2D eigenvalue weighted by Gasteiger charge is 2.34. The Morgan fingerprint density at radius 3 is 2.47 bits per heavy atom. The second-order valence-corrected chi connectivity index (χ2v) is 5.83. The molecule has 1 fully saturated rings. The molecule has 3 nitrogen and oxygen atoms in total. The van der Waals surface area contributed by atoms with Crippen molar-refractivity contribution in [2.75, 3.05) is 0 Å². The van der Waals surface area contributed by atoms with Gasteiger partial charge in [0.2, 0.25) is 5.91 Å². The van der Waals surface area contributed by atoms with Crippen molar-refractivity contribution in [3.63, 3.8) is 0 Å². The smallest absolute Gasteiger partial charge is 0.222 e. The Morgan fingerprint density at radius 2 is 2.00 bits per heavy atom. The average Bonchev–Trinajstić information content (AvgIpc) is 2.35. The molecule has 2 rings (SSSR count).